The van der Waals surface area contributed by atoms with Crippen LogP contribution in [-0.2, 0) is 5.60 Å². The Morgan fingerprint density at radius 2 is 1.62 bits per heavy atom. The molecule has 0 saturated heterocycles. The number of nitrogens with one attached hydrogen (secondary N) is 1. The minimum Gasteiger partial charge on any atom is -0.384 e. The van der Waals surface area contributed by atoms with Crippen LogP contribution < -0.4 is 5.32 Å². The van der Waals surface area contributed by atoms with E-state index in [1.54, 1.807) is 6.92 Å². The number of nitro benzene ring substituents is 1. The molecule has 0 heterocycles. The van der Waals surface area contributed by atoms with Gasteiger partial charge in [-0.3, -0.25) is 14.9 Å². The van der Waals surface area contributed by atoms with Gasteiger partial charge in [0.2, 0.25) is 0 Å². The summed E-state index contributed by atoms with van der Waals surface area (Å²) in [5, 5.41) is 24.6. The highest BCUT2D eigenvalue weighted by Crippen LogP contribution is 2.25. The molecule has 3 aromatic rings. The van der Waals surface area contributed by atoms with Crippen molar-refractivity contribution < 1.29 is 14.8 Å². The molecule has 2 N–H and O–H groups in total. The maximum Gasteiger partial charge on any atom is 0.273 e. The first kappa shape index (κ1) is 20.2. The molecule has 0 radical (unpaired) electrons. The molecule has 0 aliphatic rings. The van der Waals surface area contributed by atoms with E-state index in [2.05, 4.69) is 5.32 Å². The van der Waals surface area contributed by atoms with Crippen molar-refractivity contribution >= 4 is 11.6 Å². The zero-order chi connectivity index (χ0) is 21.0. The van der Waals surface area contributed by atoms with E-state index in [1.165, 1.54) is 25.1 Å². The number of carbonyl (C=O) groups excluding carboxylic acids is 1. The van der Waals surface area contributed by atoms with Crippen LogP contribution in [0.2, 0.25) is 0 Å². The Morgan fingerprint density at radius 3 is 2.24 bits per heavy atom. The summed E-state index contributed by atoms with van der Waals surface area (Å²) in [5.74, 6) is -0.465. The molecule has 0 spiro atoms. The van der Waals surface area contributed by atoms with Crippen molar-refractivity contribution in [2.75, 3.05) is 6.54 Å². The second-order valence-corrected chi connectivity index (χ2v) is 7.11. The Kier molecular flexibility index (Phi) is 5.75. The summed E-state index contributed by atoms with van der Waals surface area (Å²) in [6, 6.07) is 21.8. The molecule has 0 saturated carbocycles. The van der Waals surface area contributed by atoms with Crippen molar-refractivity contribution in [1.29, 1.82) is 0 Å². The predicted octanol–water partition coefficient (Wildman–Crippen LogP) is 4.21. The maximum atomic E-state index is 12.5. The molecule has 3 aromatic carbocycles. The molecule has 0 aliphatic heterocycles. The number of nitrogens with zero attached hydrogens (tertiary/aromatic N) is 1. The number of nitro groups is 1. The van der Waals surface area contributed by atoms with Gasteiger partial charge in [-0.05, 0) is 36.6 Å². The van der Waals surface area contributed by atoms with E-state index < -0.39 is 16.4 Å². The highest BCUT2D eigenvalue weighted by atomic mass is 16.6. The van der Waals surface area contributed by atoms with E-state index in [0.717, 1.165) is 11.1 Å². The molecule has 1 amide bonds. The van der Waals surface area contributed by atoms with E-state index in [9.17, 15) is 20.0 Å². The van der Waals surface area contributed by atoms with Gasteiger partial charge in [-0.25, -0.2) is 0 Å². The lowest BCUT2D eigenvalue weighted by atomic mass is 9.93. The predicted molar refractivity (Wildman–Crippen MR) is 112 cm³/mol. The van der Waals surface area contributed by atoms with Gasteiger partial charge in [0.05, 0.1) is 11.5 Å². The maximum absolute atomic E-state index is 12.5. The molecule has 6 nitrogen and oxygen atoms in total. The monoisotopic (exact) mass is 390 g/mol. The first-order chi connectivity index (χ1) is 13.8. The van der Waals surface area contributed by atoms with Crippen molar-refractivity contribution in [3.05, 3.63) is 99.6 Å². The average Bonchev–Trinajstić information content (AvgIpc) is 2.73. The number of benzene rings is 3. The molecular weight excluding hydrogens is 368 g/mol. The van der Waals surface area contributed by atoms with Crippen LogP contribution in [0.5, 0.6) is 0 Å². The summed E-state index contributed by atoms with van der Waals surface area (Å²) in [4.78, 5) is 23.1. The van der Waals surface area contributed by atoms with Gasteiger partial charge in [-0.2, -0.15) is 0 Å². The third-order valence-electron chi connectivity index (χ3n) is 4.95. The fraction of sp³-hybridized carbons (Fsp3) is 0.174. The Labute approximate surface area is 169 Å². The van der Waals surface area contributed by atoms with Gasteiger partial charge in [0.15, 0.2) is 0 Å². The number of rotatable bonds is 6. The number of carbonyl (C=O) groups is 1. The smallest absolute Gasteiger partial charge is 0.273 e. The van der Waals surface area contributed by atoms with Crippen molar-refractivity contribution in [1.82, 2.24) is 5.32 Å². The Balaban J connectivity index is 1.72. The van der Waals surface area contributed by atoms with E-state index in [0.29, 0.717) is 11.1 Å². The normalized spacial score (nSPS) is 12.8. The second kappa shape index (κ2) is 8.24. The van der Waals surface area contributed by atoms with Gasteiger partial charge in [-0.1, -0.05) is 60.7 Å². The van der Waals surface area contributed by atoms with Gasteiger partial charge < -0.3 is 10.4 Å². The van der Waals surface area contributed by atoms with Crippen LogP contribution in [0.1, 0.15) is 28.4 Å². The molecule has 0 bridgehead atoms. The highest BCUT2D eigenvalue weighted by Gasteiger charge is 2.25. The Morgan fingerprint density at radius 1 is 1.00 bits per heavy atom. The van der Waals surface area contributed by atoms with Crippen molar-refractivity contribution in [2.45, 2.75) is 19.4 Å². The zero-order valence-electron chi connectivity index (χ0n) is 16.3. The molecule has 1 atom stereocenters. The lowest BCUT2D eigenvalue weighted by Gasteiger charge is -2.24. The molecule has 3 rings (SSSR count). The average molecular weight is 390 g/mol. The topological polar surface area (TPSA) is 92.5 Å². The minimum atomic E-state index is -1.29. The molecule has 0 fully saturated rings. The Bertz CT molecular complexity index is 1030. The minimum absolute atomic E-state index is 0.0291. The standard InChI is InChI=1S/C23H22N2O4/c1-16-20(9-6-10-21(16)25(28)29)22(26)24-15-23(2,27)19-13-11-18(12-14-19)17-7-4-3-5-8-17/h3-14,27H,15H2,1-2H3,(H,24,26). The van der Waals surface area contributed by atoms with Gasteiger partial charge in [-0.15, -0.1) is 0 Å². The van der Waals surface area contributed by atoms with Gasteiger partial charge in [0.25, 0.3) is 11.6 Å². The third kappa shape index (κ3) is 4.50. The molecule has 0 aromatic heterocycles. The molecule has 148 valence electrons. The fourth-order valence-electron chi connectivity index (χ4n) is 3.17. The largest absolute Gasteiger partial charge is 0.384 e. The summed E-state index contributed by atoms with van der Waals surface area (Å²) in [7, 11) is 0. The highest BCUT2D eigenvalue weighted by molar-refractivity contribution is 5.96. The number of hydrogen-bond acceptors (Lipinski definition) is 4. The molecular formula is C23H22N2O4. The van der Waals surface area contributed by atoms with Crippen LogP contribution in [-0.4, -0.2) is 22.5 Å². The summed E-state index contributed by atoms with van der Waals surface area (Å²) in [5.41, 5.74) is 1.87. The number of amides is 1. The first-order valence-electron chi connectivity index (χ1n) is 9.20. The summed E-state index contributed by atoms with van der Waals surface area (Å²) >= 11 is 0. The van der Waals surface area contributed by atoms with Crippen LogP contribution in [0.3, 0.4) is 0 Å². The SMILES string of the molecule is Cc1c(C(=O)NCC(C)(O)c2ccc(-c3ccccc3)cc2)cccc1[N+](=O)[O-]. The summed E-state index contributed by atoms with van der Waals surface area (Å²) in [6.45, 7) is 3.12. The quantitative estimate of drug-likeness (QED) is 0.487. The number of hydrogen-bond donors (Lipinski definition) is 2. The number of aliphatic hydroxyl groups is 1. The summed E-state index contributed by atoms with van der Waals surface area (Å²) in [6.07, 6.45) is 0. The van der Waals surface area contributed by atoms with Crippen LogP contribution in [0.15, 0.2) is 72.8 Å². The van der Waals surface area contributed by atoms with Crippen molar-refractivity contribution in [3.63, 3.8) is 0 Å². The fourth-order valence-corrected chi connectivity index (χ4v) is 3.17. The molecule has 0 aliphatic carbocycles. The lowest BCUT2D eigenvalue weighted by Crippen LogP contribution is -2.38. The lowest BCUT2D eigenvalue weighted by molar-refractivity contribution is -0.385. The molecule has 6 heteroatoms. The first-order valence-corrected chi connectivity index (χ1v) is 9.20. The zero-order valence-corrected chi connectivity index (χ0v) is 16.3. The third-order valence-corrected chi connectivity index (χ3v) is 4.95. The van der Waals surface area contributed by atoms with E-state index in [-0.39, 0.29) is 17.8 Å². The van der Waals surface area contributed by atoms with E-state index in [4.69, 9.17) is 0 Å². The van der Waals surface area contributed by atoms with Gasteiger partial charge >= 0.3 is 0 Å². The van der Waals surface area contributed by atoms with Crippen LogP contribution >= 0.6 is 0 Å². The van der Waals surface area contributed by atoms with Crippen molar-refractivity contribution in [3.8, 4) is 11.1 Å². The second-order valence-electron chi connectivity index (χ2n) is 7.11. The summed E-state index contributed by atoms with van der Waals surface area (Å²) < 4.78 is 0. The molecule has 29 heavy (non-hydrogen) atoms. The van der Waals surface area contributed by atoms with E-state index >= 15 is 0 Å². The Hall–Kier alpha value is -3.51. The molecule has 1 unspecified atom stereocenters. The van der Waals surface area contributed by atoms with Gasteiger partial charge in [0, 0.05) is 17.2 Å². The van der Waals surface area contributed by atoms with Crippen LogP contribution in [0, 0.1) is 17.0 Å². The van der Waals surface area contributed by atoms with Crippen LogP contribution in [0.25, 0.3) is 11.1 Å². The van der Waals surface area contributed by atoms with Gasteiger partial charge in [0.1, 0.15) is 5.60 Å². The van der Waals surface area contributed by atoms with E-state index in [1.807, 2.05) is 54.6 Å². The van der Waals surface area contributed by atoms with Crippen molar-refractivity contribution in [2.24, 2.45) is 0 Å². The van der Waals surface area contributed by atoms with Crippen LogP contribution in [0.4, 0.5) is 5.69 Å².